The Morgan fingerprint density at radius 1 is 1.71 bits per heavy atom. The van der Waals surface area contributed by atoms with Crippen LogP contribution in [0.15, 0.2) is 0 Å². The molecular weight excluding hydrogens is 151 g/mol. The van der Waals surface area contributed by atoms with Gasteiger partial charge in [-0.3, -0.25) is 0 Å². The summed E-state index contributed by atoms with van der Waals surface area (Å²) >= 11 is 0. The first-order valence-electron chi connectivity index (χ1n) is 2.16. The maximum absolute atomic E-state index is 12.5. The van der Waals surface area contributed by atoms with Gasteiger partial charge in [-0.25, -0.2) is 0 Å². The van der Waals surface area contributed by atoms with Crippen LogP contribution in [0.5, 0.6) is 0 Å². The molecule has 0 aromatic heterocycles. The Balaban J connectivity index is 2.14. The molecule has 2 fully saturated rings. The summed E-state index contributed by atoms with van der Waals surface area (Å²) in [5.74, 6) is 0. The Hall–Kier alpha value is 0.980. The van der Waals surface area contributed by atoms with Crippen LogP contribution in [-0.4, -0.2) is 3.41 Å². The zero-order chi connectivity index (χ0) is 5.12. The van der Waals surface area contributed by atoms with Crippen molar-refractivity contribution >= 4 is 30.1 Å². The summed E-state index contributed by atoms with van der Waals surface area (Å²) in [6.45, 7) is 2.06. The summed E-state index contributed by atoms with van der Waals surface area (Å²) in [6.07, 6.45) is 1.02. The van der Waals surface area contributed by atoms with Gasteiger partial charge in [0.05, 0.1) is 0 Å². The molecule has 7 heavy (non-hydrogen) atoms. The van der Waals surface area contributed by atoms with E-state index >= 15 is 0 Å². The van der Waals surface area contributed by atoms with Gasteiger partial charge in [-0.15, -0.1) is 0 Å². The summed E-state index contributed by atoms with van der Waals surface area (Å²) in [5.41, 5.74) is 0. The van der Waals surface area contributed by atoms with E-state index in [9.17, 15) is 3.89 Å². The van der Waals surface area contributed by atoms with E-state index in [0.717, 1.165) is 6.42 Å². The van der Waals surface area contributed by atoms with E-state index in [4.69, 9.17) is 0 Å². The SMILES string of the molecule is CCC12SS1(F)S2. The monoisotopic (exact) mass is 156 g/mol. The van der Waals surface area contributed by atoms with Crippen molar-refractivity contribution in [3.8, 4) is 0 Å². The first kappa shape index (κ1) is 4.82. The third-order valence-electron chi connectivity index (χ3n) is 1.22. The molecule has 0 radical (unpaired) electrons. The van der Waals surface area contributed by atoms with Gasteiger partial charge >= 0.3 is 0 Å². The molecule has 0 atom stereocenters. The highest BCUT2D eigenvalue weighted by atomic mass is 33.7. The second-order valence-corrected chi connectivity index (χ2v) is 10.1. The van der Waals surface area contributed by atoms with Gasteiger partial charge in [-0.05, 0) is 28.0 Å². The van der Waals surface area contributed by atoms with E-state index in [2.05, 4.69) is 6.92 Å². The van der Waals surface area contributed by atoms with Crippen LogP contribution in [0.25, 0.3) is 0 Å². The second kappa shape index (κ2) is 0.977. The van der Waals surface area contributed by atoms with Crippen molar-refractivity contribution in [3.05, 3.63) is 0 Å². The minimum Gasteiger partial charge on any atom is -0.166 e. The van der Waals surface area contributed by atoms with Crippen LogP contribution in [0.4, 0.5) is 3.89 Å². The molecular formula is C3H5FS3. The van der Waals surface area contributed by atoms with Crippen LogP contribution in [-0.2, 0) is 0 Å². The van der Waals surface area contributed by atoms with E-state index < -0.39 is 8.48 Å². The normalized spacial score (nSPS) is 73.4. The molecule has 0 unspecified atom stereocenters. The highest BCUT2D eigenvalue weighted by Gasteiger charge is 2.85. The summed E-state index contributed by atoms with van der Waals surface area (Å²) in [5, 5.41) is 0. The molecule has 0 spiro atoms. The van der Waals surface area contributed by atoms with E-state index in [1.54, 1.807) is 21.6 Å². The lowest BCUT2D eigenvalue weighted by Gasteiger charge is -1.83. The predicted octanol–water partition coefficient (Wildman–Crippen LogP) is 3.06. The highest BCUT2D eigenvalue weighted by molar-refractivity contribution is 9.51. The summed E-state index contributed by atoms with van der Waals surface area (Å²) in [7, 11) is 1.57. The number of halogens is 1. The maximum atomic E-state index is 12.5. The predicted molar refractivity (Wildman–Crippen MR) is 36.9 cm³/mol. The molecule has 2 aliphatic rings. The Bertz CT molecular complexity index is 112. The molecule has 0 amide bonds. The van der Waals surface area contributed by atoms with E-state index in [0.29, 0.717) is 0 Å². The van der Waals surface area contributed by atoms with E-state index in [1.165, 1.54) is 0 Å². The van der Waals surface area contributed by atoms with Crippen molar-refractivity contribution in [2.45, 2.75) is 16.8 Å². The highest BCUT2D eigenvalue weighted by Crippen LogP contribution is 3.20. The molecule has 4 heteroatoms. The van der Waals surface area contributed by atoms with Crippen LogP contribution in [0.2, 0.25) is 0 Å². The summed E-state index contributed by atoms with van der Waals surface area (Å²) < 4.78 is 12.7. The van der Waals surface area contributed by atoms with Crippen molar-refractivity contribution in [2.75, 3.05) is 0 Å². The number of rotatable bonds is 1. The van der Waals surface area contributed by atoms with Crippen molar-refractivity contribution < 1.29 is 3.89 Å². The number of fused-ring (bicyclic) bond motifs is 1. The minimum atomic E-state index is -1.53. The summed E-state index contributed by atoms with van der Waals surface area (Å²) in [4.78, 5) is 0. The lowest BCUT2D eigenvalue weighted by molar-refractivity contribution is 0.920. The first-order chi connectivity index (χ1) is 3.22. The van der Waals surface area contributed by atoms with Crippen molar-refractivity contribution in [3.63, 3.8) is 0 Å². The standard InChI is InChI=1S/C3H5FS3/c1-2-3-5-7(3,4)6-3/h2H2,1H3. The van der Waals surface area contributed by atoms with Crippen LogP contribution in [0.3, 0.4) is 0 Å². The molecule has 2 aliphatic heterocycles. The summed E-state index contributed by atoms with van der Waals surface area (Å²) in [6, 6.07) is 0. The molecule has 0 aromatic rings. The van der Waals surface area contributed by atoms with Crippen molar-refractivity contribution in [2.24, 2.45) is 0 Å². The Morgan fingerprint density at radius 2 is 2.14 bits per heavy atom. The Kier molecular flexibility index (Phi) is 0.673. The van der Waals surface area contributed by atoms with Gasteiger partial charge in [0.1, 0.15) is 0 Å². The Labute approximate surface area is 51.0 Å². The maximum Gasteiger partial charge on any atom is 0.157 e. The third-order valence-corrected chi connectivity index (χ3v) is 11.7. The molecule has 0 aliphatic carbocycles. The van der Waals surface area contributed by atoms with Crippen LogP contribution < -0.4 is 0 Å². The average Bonchev–Trinajstić information content (AvgIpc) is 2.24. The quantitative estimate of drug-likeness (QED) is 0.423. The zero-order valence-corrected chi connectivity index (χ0v) is 6.26. The molecule has 0 N–H and O–H groups in total. The first-order valence-corrected chi connectivity index (χ1v) is 6.36. The molecule has 2 saturated heterocycles. The average molecular weight is 156 g/mol. The molecule has 0 aromatic carbocycles. The lowest BCUT2D eigenvalue weighted by atomic mass is 10.6. The van der Waals surface area contributed by atoms with Crippen LogP contribution in [0, 0.1) is 0 Å². The van der Waals surface area contributed by atoms with Gasteiger partial charge in [0.25, 0.3) is 0 Å². The van der Waals surface area contributed by atoms with Gasteiger partial charge in [-0.1, -0.05) is 6.92 Å². The molecule has 2 rings (SSSR count). The zero-order valence-electron chi connectivity index (χ0n) is 3.81. The fourth-order valence-corrected chi connectivity index (χ4v) is 9.99. The van der Waals surface area contributed by atoms with Gasteiger partial charge in [0.15, 0.2) is 3.41 Å². The van der Waals surface area contributed by atoms with Gasteiger partial charge < -0.3 is 0 Å². The molecule has 0 bridgehead atoms. The second-order valence-electron chi connectivity index (χ2n) is 1.64. The van der Waals surface area contributed by atoms with Gasteiger partial charge in [0, 0.05) is 8.48 Å². The topological polar surface area (TPSA) is 0 Å². The molecule has 2 heterocycles. The van der Waals surface area contributed by atoms with Gasteiger partial charge in [0.2, 0.25) is 0 Å². The van der Waals surface area contributed by atoms with E-state index in [1.807, 2.05) is 0 Å². The van der Waals surface area contributed by atoms with E-state index in [-0.39, 0.29) is 3.41 Å². The van der Waals surface area contributed by atoms with Crippen LogP contribution >= 0.6 is 30.1 Å². The lowest BCUT2D eigenvalue weighted by Crippen LogP contribution is -1.77. The van der Waals surface area contributed by atoms with Gasteiger partial charge in [-0.2, -0.15) is 3.89 Å². The fourth-order valence-electron chi connectivity index (χ4n) is 0.589. The molecule has 42 valence electrons. The fraction of sp³-hybridized carbons (Fsp3) is 1.00. The minimum absolute atomic E-state index is 0.146. The number of hydrogen-bond acceptors (Lipinski definition) is 2. The van der Waals surface area contributed by atoms with Crippen molar-refractivity contribution in [1.82, 2.24) is 0 Å². The molecule has 0 nitrogen and oxygen atoms in total. The van der Waals surface area contributed by atoms with Crippen LogP contribution in [0.1, 0.15) is 13.3 Å². The van der Waals surface area contributed by atoms with Crippen molar-refractivity contribution in [1.29, 1.82) is 0 Å². The largest absolute Gasteiger partial charge is 0.166 e. The smallest absolute Gasteiger partial charge is 0.157 e. The molecule has 0 saturated carbocycles. The Morgan fingerprint density at radius 3 is 2.14 bits per heavy atom. The number of hydrogen-bond donors (Lipinski definition) is 0. The third kappa shape index (κ3) is 0.393.